The first-order valence-corrected chi connectivity index (χ1v) is 14.9. The zero-order valence-corrected chi connectivity index (χ0v) is 26.0. The van der Waals surface area contributed by atoms with Crippen LogP contribution in [-0.4, -0.2) is 72.1 Å². The van der Waals surface area contributed by atoms with Gasteiger partial charge in [0.2, 0.25) is 5.75 Å². The third kappa shape index (κ3) is 9.24. The van der Waals surface area contributed by atoms with E-state index in [1.807, 2.05) is 18.2 Å². The van der Waals surface area contributed by atoms with Crippen LogP contribution in [0.15, 0.2) is 42.6 Å². The molecule has 0 saturated carbocycles. The molecular formula is C30H35BrN2O10. The highest BCUT2D eigenvalue weighted by Gasteiger charge is 2.42. The monoisotopic (exact) mass is 662 g/mol. The molecule has 1 amide bonds. The summed E-state index contributed by atoms with van der Waals surface area (Å²) in [5.74, 6) is -5.44. The first-order chi connectivity index (χ1) is 20.5. The quantitative estimate of drug-likeness (QED) is 0.214. The summed E-state index contributed by atoms with van der Waals surface area (Å²) in [6, 6.07) is 9.01. The number of methoxy groups -OCH3 is 1. The maximum Gasteiger partial charge on any atom is 0.332 e. The summed E-state index contributed by atoms with van der Waals surface area (Å²) < 4.78 is 27.4. The lowest BCUT2D eigenvalue weighted by molar-refractivity contribution is -0.176. The molecule has 43 heavy (non-hydrogen) atoms. The third-order valence-corrected chi connectivity index (χ3v) is 7.06. The first-order valence-electron chi connectivity index (χ1n) is 13.8. The Kier molecular flexibility index (Phi) is 12.5. The summed E-state index contributed by atoms with van der Waals surface area (Å²) in [7, 11) is 1.33. The molecule has 0 spiro atoms. The number of carbonyl (C=O) groups is 5. The molecule has 1 saturated heterocycles. The Morgan fingerprint density at radius 1 is 1.12 bits per heavy atom. The van der Waals surface area contributed by atoms with Crippen molar-refractivity contribution in [3.05, 3.63) is 53.9 Å². The van der Waals surface area contributed by atoms with Crippen LogP contribution < -0.4 is 14.8 Å². The average molecular weight is 664 g/mol. The largest absolute Gasteiger partial charge is 0.493 e. The van der Waals surface area contributed by atoms with Crippen molar-refractivity contribution in [1.82, 2.24) is 10.3 Å². The Morgan fingerprint density at radius 2 is 1.84 bits per heavy atom. The van der Waals surface area contributed by atoms with E-state index < -0.39 is 66.5 Å². The first kappa shape index (κ1) is 33.5. The number of aromatic nitrogens is 1. The number of rotatable bonds is 11. The molecule has 2 heterocycles. The molecule has 13 heteroatoms. The van der Waals surface area contributed by atoms with E-state index in [0.29, 0.717) is 11.8 Å². The number of hydrogen-bond donors (Lipinski definition) is 1. The van der Waals surface area contributed by atoms with E-state index in [4.69, 9.17) is 23.7 Å². The van der Waals surface area contributed by atoms with Crippen molar-refractivity contribution < 1.29 is 47.7 Å². The van der Waals surface area contributed by atoms with Gasteiger partial charge in [0.15, 0.2) is 23.6 Å². The highest BCUT2D eigenvalue weighted by molar-refractivity contribution is 9.09. The van der Waals surface area contributed by atoms with Crippen LogP contribution in [-0.2, 0) is 39.8 Å². The van der Waals surface area contributed by atoms with Gasteiger partial charge in [0.05, 0.1) is 13.0 Å². The van der Waals surface area contributed by atoms with Gasteiger partial charge < -0.3 is 29.0 Å². The number of halogens is 1. The van der Waals surface area contributed by atoms with Gasteiger partial charge in [-0.2, -0.15) is 0 Å². The summed E-state index contributed by atoms with van der Waals surface area (Å²) in [5, 5.41) is 3.03. The number of esters is 4. The summed E-state index contributed by atoms with van der Waals surface area (Å²) in [6.07, 6.45) is -0.248. The Morgan fingerprint density at radius 3 is 2.49 bits per heavy atom. The number of hydrogen-bond acceptors (Lipinski definition) is 11. The normalized spacial score (nSPS) is 20.5. The van der Waals surface area contributed by atoms with Crippen molar-refractivity contribution in [1.29, 1.82) is 0 Å². The minimum absolute atomic E-state index is 0.0693. The third-order valence-electron chi connectivity index (χ3n) is 6.50. The number of amides is 1. The second kappa shape index (κ2) is 16.0. The molecule has 0 aliphatic carbocycles. The summed E-state index contributed by atoms with van der Waals surface area (Å²) in [5.41, 5.74) is 0.448. The smallest absolute Gasteiger partial charge is 0.332 e. The molecule has 2 unspecified atom stereocenters. The second-order valence-corrected chi connectivity index (χ2v) is 10.9. The van der Waals surface area contributed by atoms with Gasteiger partial charge in [-0.1, -0.05) is 60.1 Å². The fraction of sp³-hybridized carbons (Fsp3) is 0.467. The Hall–Kier alpha value is -4.00. The summed E-state index contributed by atoms with van der Waals surface area (Å²) in [6.45, 7) is 4.21. The van der Waals surface area contributed by atoms with Crippen LogP contribution in [0.3, 0.4) is 0 Å². The zero-order valence-electron chi connectivity index (χ0n) is 24.4. The van der Waals surface area contributed by atoms with Gasteiger partial charge in [-0.25, -0.2) is 9.78 Å². The van der Waals surface area contributed by atoms with Gasteiger partial charge in [-0.05, 0) is 25.3 Å². The number of alkyl halides is 1. The van der Waals surface area contributed by atoms with Crippen LogP contribution in [0.5, 0.6) is 11.5 Å². The van der Waals surface area contributed by atoms with Crippen LogP contribution >= 0.6 is 15.9 Å². The van der Waals surface area contributed by atoms with E-state index in [-0.39, 0.29) is 30.0 Å². The van der Waals surface area contributed by atoms with E-state index in [2.05, 4.69) is 26.2 Å². The SMILES string of the molecule is COc1ccnc(C(=O)NC2COC(=O)[C@H](Cc3ccccc3)C(OC(=O)C(C)C)[C@H](C)OC2=O)c1OC(=O)CCCBr. The highest BCUT2D eigenvalue weighted by atomic mass is 79.9. The number of nitrogens with zero attached hydrogens (tertiary/aromatic N) is 1. The number of carbonyl (C=O) groups excluding carboxylic acids is 5. The molecule has 3 rings (SSSR count). The average Bonchev–Trinajstić information content (AvgIpc) is 3.02. The number of ether oxygens (including phenoxy) is 5. The van der Waals surface area contributed by atoms with Gasteiger partial charge in [0.25, 0.3) is 5.91 Å². The minimum atomic E-state index is -1.46. The van der Waals surface area contributed by atoms with Crippen LogP contribution in [0.25, 0.3) is 0 Å². The maximum absolute atomic E-state index is 13.4. The van der Waals surface area contributed by atoms with Crippen LogP contribution in [0.4, 0.5) is 0 Å². The van der Waals surface area contributed by atoms with Gasteiger partial charge in [-0.3, -0.25) is 19.2 Å². The summed E-state index contributed by atoms with van der Waals surface area (Å²) >= 11 is 3.24. The Bertz CT molecular complexity index is 1300. The molecule has 232 valence electrons. The van der Waals surface area contributed by atoms with E-state index in [1.165, 1.54) is 26.3 Å². The predicted molar refractivity (Wildman–Crippen MR) is 156 cm³/mol. The summed E-state index contributed by atoms with van der Waals surface area (Å²) in [4.78, 5) is 68.9. The lowest BCUT2D eigenvalue weighted by atomic mass is 9.91. The molecular weight excluding hydrogens is 628 g/mol. The lowest BCUT2D eigenvalue weighted by Crippen LogP contribution is -2.47. The lowest BCUT2D eigenvalue weighted by Gasteiger charge is -2.29. The molecule has 4 atom stereocenters. The Balaban J connectivity index is 1.88. The molecule has 0 radical (unpaired) electrons. The predicted octanol–water partition coefficient (Wildman–Crippen LogP) is 3.18. The number of pyridine rings is 1. The van der Waals surface area contributed by atoms with Crippen molar-refractivity contribution in [2.45, 2.75) is 58.3 Å². The number of cyclic esters (lactones) is 2. The van der Waals surface area contributed by atoms with Crippen LogP contribution in [0.1, 0.15) is 49.7 Å². The van der Waals surface area contributed by atoms with Gasteiger partial charge in [0.1, 0.15) is 18.6 Å². The van der Waals surface area contributed by atoms with Crippen molar-refractivity contribution in [3.63, 3.8) is 0 Å². The fourth-order valence-corrected chi connectivity index (χ4v) is 4.49. The van der Waals surface area contributed by atoms with Crippen LogP contribution in [0.2, 0.25) is 0 Å². The molecule has 0 bridgehead atoms. The molecule has 1 aromatic carbocycles. The van der Waals surface area contributed by atoms with Crippen molar-refractivity contribution in [3.8, 4) is 11.5 Å². The minimum Gasteiger partial charge on any atom is -0.493 e. The maximum atomic E-state index is 13.4. The zero-order chi connectivity index (χ0) is 31.5. The molecule has 1 fully saturated rings. The van der Waals surface area contributed by atoms with Gasteiger partial charge in [0, 0.05) is 24.0 Å². The van der Waals surface area contributed by atoms with E-state index in [0.717, 1.165) is 5.56 Å². The highest BCUT2D eigenvalue weighted by Crippen LogP contribution is 2.30. The van der Waals surface area contributed by atoms with Crippen molar-refractivity contribution in [2.75, 3.05) is 19.0 Å². The number of benzene rings is 1. The molecule has 2 aromatic rings. The second-order valence-electron chi connectivity index (χ2n) is 10.1. The topological polar surface area (TPSA) is 156 Å². The molecule has 1 aliphatic rings. The molecule has 1 aliphatic heterocycles. The van der Waals surface area contributed by atoms with E-state index in [9.17, 15) is 24.0 Å². The molecule has 1 N–H and O–H groups in total. The van der Waals surface area contributed by atoms with Crippen molar-refractivity contribution >= 4 is 45.7 Å². The van der Waals surface area contributed by atoms with E-state index in [1.54, 1.807) is 26.0 Å². The van der Waals surface area contributed by atoms with Gasteiger partial charge >= 0.3 is 23.9 Å². The Labute approximate surface area is 257 Å². The fourth-order valence-electron chi connectivity index (χ4n) is 4.20. The number of nitrogens with one attached hydrogen (secondary N) is 1. The standard InChI is InChI=1S/C30H35BrN2O10/c1-17(2)28(36)43-25-18(3)41-30(38)21(16-40-29(37)20(25)15-19-9-6-5-7-10-19)33-27(35)24-26(22(39-4)12-14-32-24)42-23(34)11-8-13-31/h5-7,9-10,12,14,17-18,20-21,25H,8,11,13,15-16H2,1-4H3,(H,33,35)/t18-,20+,21?,25?/m0/s1. The van der Waals surface area contributed by atoms with E-state index >= 15 is 0 Å². The van der Waals surface area contributed by atoms with Gasteiger partial charge in [-0.15, -0.1) is 0 Å². The van der Waals surface area contributed by atoms with Crippen LogP contribution in [0, 0.1) is 11.8 Å². The molecule has 1 aromatic heterocycles. The van der Waals surface area contributed by atoms with Crippen molar-refractivity contribution in [2.24, 2.45) is 11.8 Å². The molecule has 12 nitrogen and oxygen atoms in total.